The first kappa shape index (κ1) is 35.1. The zero-order chi connectivity index (χ0) is 34.7. The van der Waals surface area contributed by atoms with E-state index in [1.54, 1.807) is 0 Å². The van der Waals surface area contributed by atoms with Gasteiger partial charge in [-0.3, -0.25) is 9.59 Å². The largest absolute Gasteiger partial charge is 0.425 e. The van der Waals surface area contributed by atoms with Crippen molar-refractivity contribution in [1.82, 2.24) is 0 Å². The molecule has 0 radical (unpaired) electrons. The predicted octanol–water partition coefficient (Wildman–Crippen LogP) is 13.3. The number of hydrogen-bond acceptors (Lipinski definition) is 4. The molecule has 0 spiro atoms. The summed E-state index contributed by atoms with van der Waals surface area (Å²) in [6.07, 6.45) is 14.2. The topological polar surface area (TPSA) is 52.6 Å². The van der Waals surface area contributed by atoms with Crippen molar-refractivity contribution in [1.29, 1.82) is 0 Å². The van der Waals surface area contributed by atoms with Gasteiger partial charge in [0.25, 0.3) is 0 Å². The monoisotopic (exact) mass is 666 g/mol. The van der Waals surface area contributed by atoms with Crippen LogP contribution in [0.1, 0.15) is 104 Å². The summed E-state index contributed by atoms with van der Waals surface area (Å²) in [7, 11) is 0. The molecule has 0 heterocycles. The van der Waals surface area contributed by atoms with Crippen LogP contribution in [0.5, 0.6) is 11.5 Å². The van der Waals surface area contributed by atoms with E-state index in [1.165, 1.54) is 38.5 Å². The lowest BCUT2D eigenvalue weighted by Gasteiger charge is -2.21. The molecule has 0 atom stereocenters. The first-order chi connectivity index (χ1) is 24.6. The molecule has 0 aliphatic rings. The molecule has 50 heavy (non-hydrogen) atoms. The van der Waals surface area contributed by atoms with Crippen LogP contribution in [-0.2, 0) is 9.59 Å². The number of carbonyl (C=O) groups excluding carboxylic acids is 2. The maximum absolute atomic E-state index is 13.3. The molecule has 0 amide bonds. The minimum atomic E-state index is -0.188. The fourth-order valence-corrected chi connectivity index (χ4v) is 7.36. The zero-order valence-electron chi connectivity index (χ0n) is 29.8. The van der Waals surface area contributed by atoms with Gasteiger partial charge in [0.05, 0.1) is 0 Å². The van der Waals surface area contributed by atoms with Crippen molar-refractivity contribution >= 4 is 55.0 Å². The van der Waals surface area contributed by atoms with Crippen molar-refractivity contribution in [3.63, 3.8) is 0 Å². The van der Waals surface area contributed by atoms with Crippen LogP contribution in [0, 0.1) is 0 Å². The Morgan fingerprint density at radius 2 is 0.640 bits per heavy atom. The number of esters is 2. The molecule has 0 unspecified atom stereocenters. The highest BCUT2D eigenvalue weighted by molar-refractivity contribution is 6.27. The average Bonchev–Trinajstić information content (AvgIpc) is 3.15. The number of unbranched alkanes of at least 4 members (excludes halogenated alkanes) is 10. The van der Waals surface area contributed by atoms with Gasteiger partial charge in [-0.25, -0.2) is 0 Å². The molecule has 0 saturated carbocycles. The Hall–Kier alpha value is -4.70. The summed E-state index contributed by atoms with van der Waals surface area (Å²) < 4.78 is 12.5. The van der Waals surface area contributed by atoms with Crippen molar-refractivity contribution in [3.8, 4) is 22.6 Å². The summed E-state index contributed by atoms with van der Waals surface area (Å²) in [5.74, 6) is 0.854. The quantitative estimate of drug-likeness (QED) is 0.0421. The fourth-order valence-electron chi connectivity index (χ4n) is 7.36. The van der Waals surface area contributed by atoms with Gasteiger partial charge in [-0.15, -0.1) is 0 Å². The van der Waals surface area contributed by atoms with Crippen LogP contribution in [0.4, 0.5) is 0 Å². The molecule has 258 valence electrons. The van der Waals surface area contributed by atoms with Crippen LogP contribution in [0.25, 0.3) is 54.2 Å². The average molecular weight is 667 g/mol. The molecule has 0 N–H and O–H groups in total. The molecule has 6 rings (SSSR count). The van der Waals surface area contributed by atoms with Gasteiger partial charge < -0.3 is 9.47 Å². The molecule has 4 heteroatoms. The summed E-state index contributed by atoms with van der Waals surface area (Å²) in [6.45, 7) is 4.43. The van der Waals surface area contributed by atoms with E-state index in [9.17, 15) is 9.59 Å². The normalized spacial score (nSPS) is 11.5. The van der Waals surface area contributed by atoms with Crippen LogP contribution < -0.4 is 9.47 Å². The van der Waals surface area contributed by atoms with Gasteiger partial charge in [0.2, 0.25) is 0 Å². The number of benzene rings is 6. The van der Waals surface area contributed by atoms with E-state index in [2.05, 4.69) is 62.4 Å². The second kappa shape index (κ2) is 17.3. The molecule has 0 aromatic heterocycles. The number of rotatable bonds is 17. The Morgan fingerprint density at radius 3 is 0.940 bits per heavy atom. The first-order valence-corrected chi connectivity index (χ1v) is 18.9. The van der Waals surface area contributed by atoms with E-state index >= 15 is 0 Å². The molecule has 6 aromatic rings. The summed E-state index contributed by atoms with van der Waals surface area (Å²) in [5, 5.41) is 7.65. The summed E-state index contributed by atoms with van der Waals surface area (Å²) in [4.78, 5) is 26.6. The summed E-state index contributed by atoms with van der Waals surface area (Å²) in [6, 6.07) is 33.0. The Balaban J connectivity index is 1.43. The number of ether oxygens (including phenoxy) is 2. The highest BCUT2D eigenvalue weighted by Crippen LogP contribution is 2.49. The van der Waals surface area contributed by atoms with Gasteiger partial charge in [0.1, 0.15) is 11.5 Å². The maximum atomic E-state index is 13.3. The molecule has 0 fully saturated rings. The Bertz CT molecular complexity index is 1830. The van der Waals surface area contributed by atoms with E-state index in [0.717, 1.165) is 92.7 Å². The van der Waals surface area contributed by atoms with Gasteiger partial charge in [-0.05, 0) is 45.5 Å². The standard InChI is InChI=1S/C46H50O4/c1-3-5-7-9-11-13-31-41(47)49-45-37-27-19-15-23-33(37)43(34-24-16-20-28-38(34)45)44-35-25-17-21-29-39(35)46(40-30-22-18-26-36(40)44)50-42(48)32-14-12-10-8-6-4-2/h15-30H,3-14,31-32H2,1-2H3. The zero-order valence-corrected chi connectivity index (χ0v) is 29.8. The third-order valence-corrected chi connectivity index (χ3v) is 9.91. The third-order valence-electron chi connectivity index (χ3n) is 9.91. The molecule has 0 aliphatic heterocycles. The second-order valence-electron chi connectivity index (χ2n) is 13.6. The molecule has 0 bridgehead atoms. The van der Waals surface area contributed by atoms with E-state index < -0.39 is 0 Å². The minimum absolute atomic E-state index is 0.188. The van der Waals surface area contributed by atoms with Crippen molar-refractivity contribution < 1.29 is 19.1 Å². The van der Waals surface area contributed by atoms with Gasteiger partial charge in [0, 0.05) is 34.4 Å². The first-order valence-electron chi connectivity index (χ1n) is 18.9. The van der Waals surface area contributed by atoms with E-state index in [4.69, 9.17) is 9.47 Å². The van der Waals surface area contributed by atoms with Crippen molar-refractivity contribution in [3.05, 3.63) is 97.1 Å². The third kappa shape index (κ3) is 7.86. The van der Waals surface area contributed by atoms with Crippen LogP contribution >= 0.6 is 0 Å². The molecule has 0 aliphatic carbocycles. The minimum Gasteiger partial charge on any atom is -0.425 e. The van der Waals surface area contributed by atoms with Gasteiger partial charge >= 0.3 is 11.9 Å². The van der Waals surface area contributed by atoms with Gasteiger partial charge in [-0.2, -0.15) is 0 Å². The molecular weight excluding hydrogens is 617 g/mol. The van der Waals surface area contributed by atoms with Crippen molar-refractivity contribution in [2.45, 2.75) is 104 Å². The Morgan fingerprint density at radius 1 is 0.380 bits per heavy atom. The van der Waals surface area contributed by atoms with Crippen LogP contribution in [0.2, 0.25) is 0 Å². The van der Waals surface area contributed by atoms with Crippen molar-refractivity contribution in [2.75, 3.05) is 0 Å². The van der Waals surface area contributed by atoms with Gasteiger partial charge in [-0.1, -0.05) is 175 Å². The molecule has 0 saturated heterocycles. The van der Waals surface area contributed by atoms with Gasteiger partial charge in [0.15, 0.2) is 0 Å². The Kier molecular flexibility index (Phi) is 12.2. The SMILES string of the molecule is CCCCCCCCC(=O)Oc1c2ccccc2c(-c2c3ccccc3c(OC(=O)CCCCCCCC)c3ccccc23)c2ccccc12. The smallest absolute Gasteiger partial charge is 0.311 e. The van der Waals surface area contributed by atoms with Crippen molar-refractivity contribution in [2.24, 2.45) is 0 Å². The maximum Gasteiger partial charge on any atom is 0.311 e. The van der Waals surface area contributed by atoms with Crippen LogP contribution in [0.15, 0.2) is 97.1 Å². The van der Waals surface area contributed by atoms with E-state index in [-0.39, 0.29) is 11.9 Å². The molecule has 6 aromatic carbocycles. The van der Waals surface area contributed by atoms with Crippen LogP contribution in [0.3, 0.4) is 0 Å². The molecule has 4 nitrogen and oxygen atoms in total. The Labute approximate surface area is 296 Å². The lowest BCUT2D eigenvalue weighted by molar-refractivity contribution is -0.135. The fraction of sp³-hybridized carbons (Fsp3) is 0.348. The number of carbonyl (C=O) groups is 2. The number of hydrogen-bond donors (Lipinski definition) is 0. The lowest BCUT2D eigenvalue weighted by atomic mass is 9.85. The highest BCUT2D eigenvalue weighted by Gasteiger charge is 2.23. The lowest BCUT2D eigenvalue weighted by Crippen LogP contribution is -2.09. The van der Waals surface area contributed by atoms with Crippen LogP contribution in [-0.4, -0.2) is 11.9 Å². The van der Waals surface area contributed by atoms with E-state index in [0.29, 0.717) is 24.3 Å². The highest BCUT2D eigenvalue weighted by atomic mass is 16.5. The molecular formula is C46H50O4. The second-order valence-corrected chi connectivity index (χ2v) is 13.6. The van der Waals surface area contributed by atoms with E-state index in [1.807, 2.05) is 48.5 Å². The predicted molar refractivity (Wildman–Crippen MR) is 209 cm³/mol. The number of fused-ring (bicyclic) bond motifs is 4. The summed E-state index contributed by atoms with van der Waals surface area (Å²) >= 11 is 0. The summed E-state index contributed by atoms with van der Waals surface area (Å²) in [5.41, 5.74) is 2.15.